The van der Waals surface area contributed by atoms with Crippen molar-refractivity contribution in [3.05, 3.63) is 229 Å². The molecule has 62 heavy (non-hydrogen) atoms. The summed E-state index contributed by atoms with van der Waals surface area (Å²) in [5.74, 6) is 1.74. The van der Waals surface area contributed by atoms with Crippen molar-refractivity contribution in [1.82, 2.24) is 14.5 Å². The zero-order valence-corrected chi connectivity index (χ0v) is 33.6. The first-order valence-corrected chi connectivity index (χ1v) is 21.2. The lowest BCUT2D eigenvalue weighted by Gasteiger charge is -2.20. The van der Waals surface area contributed by atoms with Gasteiger partial charge in [0.1, 0.15) is 0 Å². The molecule has 12 aromatic rings. The minimum atomic E-state index is -0.394. The summed E-state index contributed by atoms with van der Waals surface area (Å²) < 4.78 is 4.86. The number of amidine groups is 2. The molecule has 290 valence electrons. The van der Waals surface area contributed by atoms with Gasteiger partial charge in [0.2, 0.25) is 12.0 Å². The second kappa shape index (κ2) is 13.6. The Kier molecular flexibility index (Phi) is 7.60. The Balaban J connectivity index is 1.03. The number of aromatic nitrogens is 2. The summed E-state index contributed by atoms with van der Waals surface area (Å²) in [6.07, 6.45) is -0.394. The van der Waals surface area contributed by atoms with Gasteiger partial charge in [0.15, 0.2) is 0 Å². The number of hydrogen-bond acceptors (Lipinski definition) is 2. The number of benzene rings is 10. The molecular formula is C57H38N5+. The average molecular weight is 793 g/mol. The van der Waals surface area contributed by atoms with E-state index in [4.69, 9.17) is 4.99 Å². The van der Waals surface area contributed by atoms with Crippen LogP contribution in [-0.4, -0.2) is 20.8 Å². The lowest BCUT2D eigenvalue weighted by Crippen LogP contribution is -2.80. The van der Waals surface area contributed by atoms with Gasteiger partial charge in [-0.2, -0.15) is 4.99 Å². The van der Waals surface area contributed by atoms with Gasteiger partial charge in [-0.05, 0) is 105 Å². The summed E-state index contributed by atoms with van der Waals surface area (Å²) in [4.78, 5) is 9.32. The Bertz CT molecular complexity index is 3800. The van der Waals surface area contributed by atoms with Gasteiger partial charge in [-0.3, -0.25) is 0 Å². The number of fused-ring (bicyclic) bond motifs is 10. The highest BCUT2D eigenvalue weighted by atomic mass is 15.2. The summed E-state index contributed by atoms with van der Waals surface area (Å²) in [6, 6.07) is 76.8. The topological polar surface area (TPSA) is 48.2 Å². The van der Waals surface area contributed by atoms with Crippen molar-refractivity contribution in [2.45, 2.75) is 6.17 Å². The van der Waals surface area contributed by atoms with Crippen LogP contribution in [-0.2, 0) is 0 Å². The Morgan fingerprint density at radius 1 is 0.387 bits per heavy atom. The number of nitrogens with one attached hydrogen (secondary N) is 2. The van der Waals surface area contributed by atoms with Crippen molar-refractivity contribution in [1.29, 1.82) is 0 Å². The second-order valence-corrected chi connectivity index (χ2v) is 16.3. The van der Waals surface area contributed by atoms with Crippen LogP contribution in [0.4, 0.5) is 0 Å². The Morgan fingerprint density at radius 3 is 1.81 bits per heavy atom. The van der Waals surface area contributed by atoms with Gasteiger partial charge in [-0.1, -0.05) is 140 Å². The van der Waals surface area contributed by atoms with Crippen molar-refractivity contribution >= 4 is 87.6 Å². The molecule has 1 aliphatic heterocycles. The van der Waals surface area contributed by atoms with Gasteiger partial charge in [0.25, 0.3) is 5.84 Å². The van der Waals surface area contributed by atoms with Crippen LogP contribution < -0.4 is 10.3 Å². The average Bonchev–Trinajstić information content (AvgIpc) is 3.85. The van der Waals surface area contributed by atoms with Gasteiger partial charge in [0.05, 0.1) is 33.3 Å². The fourth-order valence-electron chi connectivity index (χ4n) is 9.91. The van der Waals surface area contributed by atoms with Crippen LogP contribution in [0.5, 0.6) is 0 Å². The molecule has 2 N–H and O–H groups in total. The van der Waals surface area contributed by atoms with E-state index in [9.17, 15) is 0 Å². The molecule has 1 aliphatic rings. The molecule has 0 spiro atoms. The van der Waals surface area contributed by atoms with Crippen molar-refractivity contribution in [2.24, 2.45) is 4.99 Å². The molecule has 0 saturated carbocycles. The first kappa shape index (κ1) is 34.6. The highest BCUT2D eigenvalue weighted by molar-refractivity contribution is 6.17. The molecule has 1 atom stereocenters. The lowest BCUT2D eigenvalue weighted by atomic mass is 9.99. The van der Waals surface area contributed by atoms with Gasteiger partial charge < -0.3 is 9.13 Å². The molecule has 0 saturated heterocycles. The third kappa shape index (κ3) is 5.35. The predicted molar refractivity (Wildman–Crippen MR) is 258 cm³/mol. The number of hydrogen-bond donors (Lipinski definition) is 2. The van der Waals surface area contributed by atoms with Crippen molar-refractivity contribution in [3.8, 4) is 11.4 Å². The maximum atomic E-state index is 5.44. The van der Waals surface area contributed by atoms with E-state index in [-0.39, 0.29) is 0 Å². The first-order chi connectivity index (χ1) is 30.7. The smallest absolute Gasteiger partial charge is 0.283 e. The SMILES string of the molecule is c1ccc(C2=NC(c3ccccc3-n3c4ccc(-n5c6ccccc6c6ccccc65)cc4c4cc5ccccc5cc43)[NH+]=C(c3ccc4c(ccc5ccccc54)c3)N2)cc1. The van der Waals surface area contributed by atoms with Crippen LogP contribution in [0.15, 0.2) is 217 Å². The maximum Gasteiger partial charge on any atom is 0.283 e. The highest BCUT2D eigenvalue weighted by Crippen LogP contribution is 2.39. The maximum absolute atomic E-state index is 5.44. The molecule has 0 fully saturated rings. The fraction of sp³-hybridized carbons (Fsp3) is 0.0175. The molecule has 0 aliphatic carbocycles. The molecule has 5 nitrogen and oxygen atoms in total. The summed E-state index contributed by atoms with van der Waals surface area (Å²) in [5.41, 5.74) is 10.1. The largest absolute Gasteiger partial charge is 0.309 e. The van der Waals surface area contributed by atoms with E-state index in [0.29, 0.717) is 0 Å². The van der Waals surface area contributed by atoms with E-state index < -0.39 is 6.17 Å². The van der Waals surface area contributed by atoms with Crippen LogP contribution in [0.3, 0.4) is 0 Å². The molecule has 3 heterocycles. The van der Waals surface area contributed by atoms with Gasteiger partial charge in [-0.25, -0.2) is 10.3 Å². The lowest BCUT2D eigenvalue weighted by molar-refractivity contribution is -0.510. The quantitative estimate of drug-likeness (QED) is 0.168. The predicted octanol–water partition coefficient (Wildman–Crippen LogP) is 11.9. The monoisotopic (exact) mass is 792 g/mol. The summed E-state index contributed by atoms with van der Waals surface area (Å²) >= 11 is 0. The van der Waals surface area contributed by atoms with E-state index in [1.165, 1.54) is 64.9 Å². The van der Waals surface area contributed by atoms with E-state index in [1.54, 1.807) is 0 Å². The Hall–Kier alpha value is -8.28. The van der Waals surface area contributed by atoms with Crippen LogP contribution in [0.2, 0.25) is 0 Å². The third-order valence-corrected chi connectivity index (χ3v) is 12.8. The number of rotatable bonds is 5. The molecular weight excluding hydrogens is 755 g/mol. The van der Waals surface area contributed by atoms with Crippen molar-refractivity contribution in [3.63, 3.8) is 0 Å². The zero-order chi connectivity index (χ0) is 40.7. The second-order valence-electron chi connectivity index (χ2n) is 16.3. The van der Waals surface area contributed by atoms with E-state index in [2.05, 4.69) is 232 Å². The minimum absolute atomic E-state index is 0.394. The summed E-state index contributed by atoms with van der Waals surface area (Å²) in [7, 11) is 0. The minimum Gasteiger partial charge on any atom is -0.309 e. The van der Waals surface area contributed by atoms with Crippen LogP contribution in [0.25, 0.3) is 87.3 Å². The van der Waals surface area contributed by atoms with E-state index in [1.807, 2.05) is 0 Å². The Morgan fingerprint density at radius 2 is 1.00 bits per heavy atom. The van der Waals surface area contributed by atoms with Crippen molar-refractivity contribution in [2.75, 3.05) is 0 Å². The molecule has 0 amide bonds. The molecule has 13 rings (SSSR count). The third-order valence-electron chi connectivity index (χ3n) is 12.8. The number of para-hydroxylation sites is 3. The molecule has 10 aromatic carbocycles. The fourth-order valence-corrected chi connectivity index (χ4v) is 9.91. The van der Waals surface area contributed by atoms with Gasteiger partial charge in [0, 0.05) is 38.4 Å². The van der Waals surface area contributed by atoms with Crippen LogP contribution >= 0.6 is 0 Å². The molecule has 2 aromatic heterocycles. The van der Waals surface area contributed by atoms with Crippen LogP contribution in [0, 0.1) is 0 Å². The molecule has 1 unspecified atom stereocenters. The molecule has 5 heteroatoms. The van der Waals surface area contributed by atoms with E-state index >= 15 is 0 Å². The molecule has 0 radical (unpaired) electrons. The summed E-state index contributed by atoms with van der Waals surface area (Å²) in [5, 5.41) is 16.0. The number of aliphatic imine (C=N–C) groups is 1. The van der Waals surface area contributed by atoms with Crippen molar-refractivity contribution < 1.29 is 4.99 Å². The highest BCUT2D eigenvalue weighted by Gasteiger charge is 2.29. The standard InChI is InChI=1S/C57H37N5/c1-2-15-37(16-3-1)55-58-56(41-28-30-44-40(32-41)27-26-36-14-6-7-19-43(36)44)60-57(59-55)47-22-10-13-25-52(47)62-53-31-29-42(35-49(53)48-33-38-17-4-5-18-39(38)34-54(48)62)61-50-23-11-8-20-45(50)46-21-9-12-24-51(46)61/h1-35,57H,(H,58,59,60)/p+1. The summed E-state index contributed by atoms with van der Waals surface area (Å²) in [6.45, 7) is 0. The van der Waals surface area contributed by atoms with Gasteiger partial charge in [-0.15, -0.1) is 0 Å². The van der Waals surface area contributed by atoms with Crippen LogP contribution in [0.1, 0.15) is 22.9 Å². The Labute approximate surface area is 357 Å². The first-order valence-electron chi connectivity index (χ1n) is 21.2. The molecule has 0 bridgehead atoms. The number of nitrogens with zero attached hydrogens (tertiary/aromatic N) is 3. The van der Waals surface area contributed by atoms with Gasteiger partial charge >= 0.3 is 0 Å². The zero-order valence-electron chi connectivity index (χ0n) is 33.6. The van der Waals surface area contributed by atoms with E-state index in [0.717, 1.165) is 50.8 Å². The normalized spacial score (nSPS) is 14.3.